The van der Waals surface area contributed by atoms with E-state index in [1.165, 1.54) is 12.1 Å². The molecule has 2 aromatic carbocycles. The Bertz CT molecular complexity index is 925. The maximum absolute atomic E-state index is 13.0. The lowest BCUT2D eigenvalue weighted by Gasteiger charge is -2.11. The molecule has 3 aromatic rings. The number of nitrogens with zero attached hydrogens (tertiary/aromatic N) is 3. The molecule has 1 saturated heterocycles. The van der Waals surface area contributed by atoms with Crippen molar-refractivity contribution in [1.29, 1.82) is 0 Å². The first-order valence-corrected chi connectivity index (χ1v) is 9.03. The summed E-state index contributed by atoms with van der Waals surface area (Å²) in [6.45, 7) is 1.25. The van der Waals surface area contributed by atoms with E-state index in [0.29, 0.717) is 19.5 Å². The van der Waals surface area contributed by atoms with Gasteiger partial charge in [0.25, 0.3) is 0 Å². The Morgan fingerprint density at radius 3 is 2.85 bits per heavy atom. The van der Waals surface area contributed by atoms with Crippen molar-refractivity contribution >= 4 is 16.9 Å². The third-order valence-corrected chi connectivity index (χ3v) is 4.76. The van der Waals surface area contributed by atoms with Gasteiger partial charge < -0.3 is 5.32 Å². The highest BCUT2D eigenvalue weighted by atomic mass is 19.1. The second-order valence-electron chi connectivity index (χ2n) is 6.63. The van der Waals surface area contributed by atoms with Gasteiger partial charge in [0.15, 0.2) is 0 Å². The SMILES string of the molecule is O=C(NCCCn1nnc2ccccc21)C1CC(c2ccc(F)cc2)NN1. The molecular formula is C19H21FN6O. The molecule has 2 heterocycles. The molecule has 1 fully saturated rings. The molecule has 3 N–H and O–H groups in total. The second-order valence-corrected chi connectivity index (χ2v) is 6.63. The van der Waals surface area contributed by atoms with Gasteiger partial charge in [-0.05, 0) is 42.7 Å². The average molecular weight is 368 g/mol. The Hall–Kier alpha value is -2.84. The Balaban J connectivity index is 1.23. The molecule has 2 atom stereocenters. The molecule has 0 aliphatic carbocycles. The standard InChI is InChI=1S/C19H21FN6O/c20-14-8-6-13(7-9-14)16-12-17(23-22-16)19(27)21-10-3-11-26-18-5-2-1-4-15(18)24-25-26/h1-2,4-9,16-17,22-23H,3,10-12H2,(H,21,27). The number of rotatable bonds is 6. The lowest BCUT2D eigenvalue weighted by atomic mass is 10.0. The summed E-state index contributed by atoms with van der Waals surface area (Å²) >= 11 is 0. The number of aromatic nitrogens is 3. The molecule has 0 bridgehead atoms. The lowest BCUT2D eigenvalue weighted by molar-refractivity contribution is -0.122. The van der Waals surface area contributed by atoms with Gasteiger partial charge >= 0.3 is 0 Å². The van der Waals surface area contributed by atoms with Crippen molar-refractivity contribution in [1.82, 2.24) is 31.2 Å². The largest absolute Gasteiger partial charge is 0.355 e. The summed E-state index contributed by atoms with van der Waals surface area (Å²) in [5.41, 5.74) is 8.93. The average Bonchev–Trinajstić information content (AvgIpc) is 3.33. The zero-order valence-corrected chi connectivity index (χ0v) is 14.7. The number of para-hydroxylation sites is 1. The summed E-state index contributed by atoms with van der Waals surface area (Å²) in [6, 6.07) is 13.8. The summed E-state index contributed by atoms with van der Waals surface area (Å²) in [5, 5.41) is 11.2. The van der Waals surface area contributed by atoms with Gasteiger partial charge in [-0.2, -0.15) is 0 Å². The molecule has 7 nitrogen and oxygen atoms in total. The van der Waals surface area contributed by atoms with Crippen molar-refractivity contribution in [3.8, 4) is 0 Å². The van der Waals surface area contributed by atoms with Crippen LogP contribution in [0.1, 0.15) is 24.4 Å². The molecule has 140 valence electrons. The molecular weight excluding hydrogens is 347 g/mol. The molecule has 0 spiro atoms. The lowest BCUT2D eigenvalue weighted by Crippen LogP contribution is -2.43. The van der Waals surface area contributed by atoms with Crippen LogP contribution >= 0.6 is 0 Å². The summed E-state index contributed by atoms with van der Waals surface area (Å²) in [7, 11) is 0. The van der Waals surface area contributed by atoms with Gasteiger partial charge in [-0.3, -0.25) is 4.79 Å². The van der Waals surface area contributed by atoms with Gasteiger partial charge in [-0.25, -0.2) is 19.9 Å². The number of hydrogen-bond acceptors (Lipinski definition) is 5. The topological polar surface area (TPSA) is 83.9 Å². The van der Waals surface area contributed by atoms with Crippen molar-refractivity contribution in [3.63, 3.8) is 0 Å². The van der Waals surface area contributed by atoms with E-state index in [0.717, 1.165) is 23.0 Å². The highest BCUT2D eigenvalue weighted by Gasteiger charge is 2.29. The van der Waals surface area contributed by atoms with E-state index in [-0.39, 0.29) is 23.8 Å². The summed E-state index contributed by atoms with van der Waals surface area (Å²) in [4.78, 5) is 12.3. The number of carbonyl (C=O) groups is 1. The van der Waals surface area contributed by atoms with Gasteiger partial charge in [-0.1, -0.05) is 29.5 Å². The Kier molecular flexibility index (Phi) is 5.08. The third kappa shape index (κ3) is 3.96. The molecule has 27 heavy (non-hydrogen) atoms. The number of amides is 1. The monoisotopic (exact) mass is 368 g/mol. The van der Waals surface area contributed by atoms with Crippen LogP contribution in [-0.2, 0) is 11.3 Å². The number of hydrogen-bond donors (Lipinski definition) is 3. The number of hydrazine groups is 1. The predicted octanol–water partition coefficient (Wildman–Crippen LogP) is 1.68. The highest BCUT2D eigenvalue weighted by molar-refractivity contribution is 5.82. The van der Waals surface area contributed by atoms with Crippen LogP contribution in [0.15, 0.2) is 48.5 Å². The maximum atomic E-state index is 13.0. The first-order chi connectivity index (χ1) is 13.2. The number of carbonyl (C=O) groups excluding carboxylic acids is 1. The molecule has 1 aromatic heterocycles. The zero-order valence-electron chi connectivity index (χ0n) is 14.7. The normalized spacial score (nSPS) is 19.4. The Labute approximate surface area is 155 Å². The smallest absolute Gasteiger partial charge is 0.238 e. The minimum atomic E-state index is -0.313. The fourth-order valence-electron chi connectivity index (χ4n) is 3.29. The molecule has 4 rings (SSSR count). The fourth-order valence-corrected chi connectivity index (χ4v) is 3.29. The molecule has 0 saturated carbocycles. The second kappa shape index (κ2) is 7.81. The van der Waals surface area contributed by atoms with Crippen molar-refractivity contribution < 1.29 is 9.18 Å². The van der Waals surface area contributed by atoms with E-state index >= 15 is 0 Å². The summed E-state index contributed by atoms with van der Waals surface area (Å²) < 4.78 is 14.9. The first-order valence-electron chi connectivity index (χ1n) is 9.03. The predicted molar refractivity (Wildman–Crippen MR) is 99.0 cm³/mol. The summed E-state index contributed by atoms with van der Waals surface area (Å²) in [6.07, 6.45) is 1.38. The van der Waals surface area contributed by atoms with Crippen LogP contribution in [0.25, 0.3) is 11.0 Å². The van der Waals surface area contributed by atoms with Crippen LogP contribution in [0.3, 0.4) is 0 Å². The van der Waals surface area contributed by atoms with Crippen molar-refractivity contribution in [2.75, 3.05) is 6.54 Å². The Morgan fingerprint density at radius 1 is 1.19 bits per heavy atom. The number of aryl methyl sites for hydroxylation is 1. The fraction of sp³-hybridized carbons (Fsp3) is 0.316. The van der Waals surface area contributed by atoms with Gasteiger partial charge in [0.2, 0.25) is 5.91 Å². The maximum Gasteiger partial charge on any atom is 0.238 e. The molecule has 1 aliphatic rings. The minimum absolute atomic E-state index is 0.0112. The third-order valence-electron chi connectivity index (χ3n) is 4.76. The molecule has 1 amide bonds. The molecule has 0 radical (unpaired) electrons. The first kappa shape index (κ1) is 17.6. The summed E-state index contributed by atoms with van der Waals surface area (Å²) in [5.74, 6) is -0.310. The zero-order chi connectivity index (χ0) is 18.6. The van der Waals surface area contributed by atoms with Gasteiger partial charge in [0.1, 0.15) is 17.4 Å². The number of benzene rings is 2. The van der Waals surface area contributed by atoms with Crippen molar-refractivity contribution in [3.05, 3.63) is 59.9 Å². The van der Waals surface area contributed by atoms with Gasteiger partial charge in [0, 0.05) is 19.1 Å². The van der Waals surface area contributed by atoms with Crippen molar-refractivity contribution in [2.24, 2.45) is 0 Å². The number of nitrogens with one attached hydrogen (secondary N) is 3. The van der Waals surface area contributed by atoms with Crippen LogP contribution in [0.5, 0.6) is 0 Å². The van der Waals surface area contributed by atoms with Crippen LogP contribution in [0.2, 0.25) is 0 Å². The molecule has 8 heteroatoms. The minimum Gasteiger partial charge on any atom is -0.355 e. The van der Waals surface area contributed by atoms with E-state index < -0.39 is 0 Å². The van der Waals surface area contributed by atoms with E-state index in [9.17, 15) is 9.18 Å². The van der Waals surface area contributed by atoms with Crippen molar-refractivity contribution in [2.45, 2.75) is 31.5 Å². The van der Waals surface area contributed by atoms with Crippen LogP contribution in [0.4, 0.5) is 4.39 Å². The number of halogens is 1. The van der Waals surface area contributed by atoms with Gasteiger partial charge in [0.05, 0.1) is 5.52 Å². The number of fused-ring (bicyclic) bond motifs is 1. The quantitative estimate of drug-likeness (QED) is 0.577. The van der Waals surface area contributed by atoms with Crippen LogP contribution in [0, 0.1) is 5.82 Å². The van der Waals surface area contributed by atoms with E-state index in [1.54, 1.807) is 12.1 Å². The van der Waals surface area contributed by atoms with E-state index in [1.807, 2.05) is 28.9 Å². The van der Waals surface area contributed by atoms with Gasteiger partial charge in [-0.15, -0.1) is 5.10 Å². The van der Waals surface area contributed by atoms with E-state index in [2.05, 4.69) is 26.5 Å². The molecule has 2 unspecified atom stereocenters. The molecule has 1 aliphatic heterocycles. The van der Waals surface area contributed by atoms with Crippen LogP contribution < -0.4 is 16.2 Å². The van der Waals surface area contributed by atoms with E-state index in [4.69, 9.17) is 0 Å². The highest BCUT2D eigenvalue weighted by Crippen LogP contribution is 2.22. The Morgan fingerprint density at radius 2 is 2.00 bits per heavy atom. The van der Waals surface area contributed by atoms with Crippen LogP contribution in [-0.4, -0.2) is 33.5 Å².